The molecule has 1 fully saturated rings. The number of pyridine rings is 1. The number of hydrogen-bond acceptors (Lipinski definition) is 6. The molecule has 0 unspecified atom stereocenters. The van der Waals surface area contributed by atoms with E-state index in [2.05, 4.69) is 30.5 Å². The van der Waals surface area contributed by atoms with Crippen molar-refractivity contribution in [3.63, 3.8) is 0 Å². The summed E-state index contributed by atoms with van der Waals surface area (Å²) in [5, 5.41) is 5.59. The Kier molecular flexibility index (Phi) is 5.30. The van der Waals surface area contributed by atoms with E-state index < -0.39 is 0 Å². The van der Waals surface area contributed by atoms with Crippen LogP contribution in [0.1, 0.15) is 16.1 Å². The maximum atomic E-state index is 12.3. The molecule has 0 radical (unpaired) electrons. The maximum absolute atomic E-state index is 12.3. The van der Waals surface area contributed by atoms with Crippen LogP contribution in [-0.2, 0) is 11.3 Å². The van der Waals surface area contributed by atoms with Crippen molar-refractivity contribution in [2.24, 2.45) is 5.92 Å². The van der Waals surface area contributed by atoms with Crippen LogP contribution in [0.3, 0.4) is 0 Å². The van der Waals surface area contributed by atoms with Gasteiger partial charge in [-0.3, -0.25) is 24.5 Å². The molecule has 2 aromatic heterocycles. The third-order valence-corrected chi connectivity index (χ3v) is 4.22. The van der Waals surface area contributed by atoms with Crippen LogP contribution in [0, 0.1) is 5.92 Å². The van der Waals surface area contributed by atoms with Gasteiger partial charge in [0, 0.05) is 51.5 Å². The average Bonchev–Trinajstić information content (AvgIpc) is 3.04. The van der Waals surface area contributed by atoms with Crippen molar-refractivity contribution in [3.05, 3.63) is 54.4 Å². The van der Waals surface area contributed by atoms with E-state index in [9.17, 15) is 9.59 Å². The van der Waals surface area contributed by atoms with Gasteiger partial charge in [-0.15, -0.1) is 0 Å². The fraction of sp³-hybridized carbons (Fsp3) is 0.353. The van der Waals surface area contributed by atoms with Gasteiger partial charge >= 0.3 is 0 Å². The van der Waals surface area contributed by atoms with Gasteiger partial charge in [0.1, 0.15) is 5.69 Å². The Morgan fingerprint density at radius 2 is 2.04 bits per heavy atom. The highest BCUT2D eigenvalue weighted by atomic mass is 16.2. The van der Waals surface area contributed by atoms with Crippen LogP contribution in [0.5, 0.6) is 0 Å². The van der Waals surface area contributed by atoms with E-state index in [0.717, 1.165) is 5.56 Å². The summed E-state index contributed by atoms with van der Waals surface area (Å²) in [6, 6.07) is 3.59. The first kappa shape index (κ1) is 17.0. The molecule has 1 saturated heterocycles. The van der Waals surface area contributed by atoms with Crippen LogP contribution in [0.25, 0.3) is 0 Å². The van der Waals surface area contributed by atoms with Gasteiger partial charge in [-0.1, -0.05) is 6.07 Å². The average molecular weight is 340 g/mol. The van der Waals surface area contributed by atoms with E-state index in [1.54, 1.807) is 19.4 Å². The Morgan fingerprint density at radius 1 is 1.20 bits per heavy atom. The zero-order valence-electron chi connectivity index (χ0n) is 13.9. The Balaban J connectivity index is 1.69. The molecule has 25 heavy (non-hydrogen) atoms. The number of likely N-dealkylation sites (tertiary alicyclic amines) is 1. The molecule has 0 saturated carbocycles. The van der Waals surface area contributed by atoms with Crippen molar-refractivity contribution < 1.29 is 9.59 Å². The minimum Gasteiger partial charge on any atom is -0.359 e. The van der Waals surface area contributed by atoms with Gasteiger partial charge in [0.05, 0.1) is 18.2 Å². The lowest BCUT2D eigenvalue weighted by atomic mass is 10.0. The zero-order chi connectivity index (χ0) is 17.6. The molecule has 130 valence electrons. The lowest BCUT2D eigenvalue weighted by Gasteiger charge is -2.18. The smallest absolute Gasteiger partial charge is 0.271 e. The first-order chi connectivity index (χ1) is 12.2. The second-order valence-electron chi connectivity index (χ2n) is 5.95. The van der Waals surface area contributed by atoms with Gasteiger partial charge in [0.25, 0.3) is 5.91 Å². The van der Waals surface area contributed by atoms with Crippen LogP contribution in [0.4, 0.5) is 0 Å². The minimum atomic E-state index is -0.324. The van der Waals surface area contributed by atoms with Crippen LogP contribution in [0.15, 0.2) is 43.1 Å². The summed E-state index contributed by atoms with van der Waals surface area (Å²) in [6.45, 7) is 1.83. The first-order valence-corrected chi connectivity index (χ1v) is 8.07. The predicted octanol–water partition coefficient (Wildman–Crippen LogP) is -0.152. The molecule has 2 N–H and O–H groups in total. The number of carbonyl (C=O) groups excluding carboxylic acids is 2. The molecule has 1 aliphatic heterocycles. The number of nitrogens with one attached hydrogen (secondary N) is 2. The molecule has 8 nitrogen and oxygen atoms in total. The fourth-order valence-corrected chi connectivity index (χ4v) is 3.02. The van der Waals surface area contributed by atoms with Gasteiger partial charge in [0.15, 0.2) is 0 Å². The molecular formula is C17H20N6O2. The number of amides is 2. The van der Waals surface area contributed by atoms with E-state index in [0.29, 0.717) is 19.6 Å². The van der Waals surface area contributed by atoms with Crippen LogP contribution in [0.2, 0.25) is 0 Å². The van der Waals surface area contributed by atoms with Gasteiger partial charge in [0.2, 0.25) is 5.91 Å². The van der Waals surface area contributed by atoms with Crippen molar-refractivity contribution in [1.82, 2.24) is 30.5 Å². The highest BCUT2D eigenvalue weighted by molar-refractivity contribution is 5.92. The normalized spacial score (nSPS) is 20.2. The fourth-order valence-electron chi connectivity index (χ4n) is 3.02. The second kappa shape index (κ2) is 7.80. The van der Waals surface area contributed by atoms with E-state index >= 15 is 0 Å². The van der Waals surface area contributed by atoms with Gasteiger partial charge in [-0.05, 0) is 11.6 Å². The van der Waals surface area contributed by atoms with Crippen molar-refractivity contribution in [3.8, 4) is 0 Å². The molecule has 3 rings (SSSR count). The van der Waals surface area contributed by atoms with Gasteiger partial charge in [-0.2, -0.15) is 0 Å². The number of carbonyl (C=O) groups is 2. The molecule has 0 bridgehead atoms. The third kappa shape index (κ3) is 4.16. The van der Waals surface area contributed by atoms with Crippen LogP contribution in [-0.4, -0.2) is 57.8 Å². The summed E-state index contributed by atoms with van der Waals surface area (Å²) in [5.74, 6) is -0.726. The molecule has 0 aromatic carbocycles. The topological polar surface area (TPSA) is 100 Å². The summed E-state index contributed by atoms with van der Waals surface area (Å²) in [7, 11) is 1.60. The van der Waals surface area contributed by atoms with Gasteiger partial charge in [-0.25, -0.2) is 4.98 Å². The second-order valence-corrected chi connectivity index (χ2v) is 5.95. The standard InChI is InChI=1S/C17H20N6O2/c1-18-16(24)13-10-23(9-12-3-2-4-19-7-12)11-15(13)22-17(25)14-8-20-5-6-21-14/h2-8,13,15H,9-11H2,1H3,(H,18,24)(H,22,25)/t13-,15-/m0/s1. The molecule has 8 heteroatoms. The SMILES string of the molecule is CNC(=O)[C@H]1CN(Cc2cccnc2)C[C@@H]1NC(=O)c1cnccn1. The molecule has 2 atom stereocenters. The van der Waals surface area contributed by atoms with Crippen LogP contribution < -0.4 is 10.6 Å². The Hall–Kier alpha value is -2.87. The molecular weight excluding hydrogens is 320 g/mol. The van der Waals surface area contributed by atoms with Crippen molar-refractivity contribution >= 4 is 11.8 Å². The number of rotatable bonds is 5. The lowest BCUT2D eigenvalue weighted by Crippen LogP contribution is -2.45. The summed E-state index contributed by atoms with van der Waals surface area (Å²) in [5.41, 5.74) is 1.31. The Morgan fingerprint density at radius 3 is 2.72 bits per heavy atom. The Labute approximate surface area is 145 Å². The van der Waals surface area contributed by atoms with E-state index in [4.69, 9.17) is 0 Å². The van der Waals surface area contributed by atoms with Crippen molar-refractivity contribution in [1.29, 1.82) is 0 Å². The summed E-state index contributed by atoms with van der Waals surface area (Å²) in [6.07, 6.45) is 7.92. The molecule has 0 spiro atoms. The Bertz CT molecular complexity index is 724. The highest BCUT2D eigenvalue weighted by Gasteiger charge is 2.38. The maximum Gasteiger partial charge on any atom is 0.271 e. The minimum absolute atomic E-state index is 0.0851. The summed E-state index contributed by atoms with van der Waals surface area (Å²) in [4.78, 5) is 38.7. The quantitative estimate of drug-likeness (QED) is 0.785. The lowest BCUT2D eigenvalue weighted by molar-refractivity contribution is -0.124. The summed E-state index contributed by atoms with van der Waals surface area (Å²) >= 11 is 0. The molecule has 2 aromatic rings. The van der Waals surface area contributed by atoms with Crippen LogP contribution >= 0.6 is 0 Å². The number of aromatic nitrogens is 3. The van der Waals surface area contributed by atoms with Gasteiger partial charge < -0.3 is 10.6 Å². The molecule has 3 heterocycles. The van der Waals surface area contributed by atoms with E-state index in [1.165, 1.54) is 18.6 Å². The molecule has 0 aliphatic carbocycles. The largest absolute Gasteiger partial charge is 0.359 e. The van der Waals surface area contributed by atoms with Crippen molar-refractivity contribution in [2.45, 2.75) is 12.6 Å². The first-order valence-electron chi connectivity index (χ1n) is 8.07. The molecule has 2 amide bonds. The molecule has 1 aliphatic rings. The predicted molar refractivity (Wildman–Crippen MR) is 90.4 cm³/mol. The van der Waals surface area contributed by atoms with E-state index in [1.807, 2.05) is 12.1 Å². The highest BCUT2D eigenvalue weighted by Crippen LogP contribution is 2.20. The zero-order valence-corrected chi connectivity index (χ0v) is 13.9. The monoisotopic (exact) mass is 340 g/mol. The number of nitrogens with zero attached hydrogens (tertiary/aromatic N) is 4. The van der Waals surface area contributed by atoms with Crippen molar-refractivity contribution in [2.75, 3.05) is 20.1 Å². The summed E-state index contributed by atoms with van der Waals surface area (Å²) < 4.78 is 0. The third-order valence-electron chi connectivity index (χ3n) is 4.22. The number of hydrogen-bond donors (Lipinski definition) is 2. The van der Waals surface area contributed by atoms with E-state index in [-0.39, 0.29) is 29.5 Å².